The minimum Gasteiger partial charge on any atom is -0.373 e. The second kappa shape index (κ2) is 4.74. The molecular weight excluding hydrogens is 262 g/mol. The molecular formula is C17H15N3O. The van der Waals surface area contributed by atoms with Crippen molar-refractivity contribution in [3.8, 4) is 11.4 Å². The highest BCUT2D eigenvalue weighted by Crippen LogP contribution is 2.33. The summed E-state index contributed by atoms with van der Waals surface area (Å²) in [5.74, 6) is 1.29. The van der Waals surface area contributed by atoms with Gasteiger partial charge in [-0.05, 0) is 24.6 Å². The van der Waals surface area contributed by atoms with Crippen molar-refractivity contribution in [2.75, 3.05) is 5.32 Å². The summed E-state index contributed by atoms with van der Waals surface area (Å²) in [6.07, 6.45) is 0.881. The molecule has 2 aromatic carbocycles. The van der Waals surface area contributed by atoms with Crippen LogP contribution in [-0.4, -0.2) is 10.1 Å². The molecule has 104 valence electrons. The molecule has 1 N–H and O–H groups in total. The smallest absolute Gasteiger partial charge is 0.249 e. The largest absolute Gasteiger partial charge is 0.373 e. The fraction of sp³-hybridized carbons (Fsp3) is 0.176. The molecule has 0 fully saturated rings. The first kappa shape index (κ1) is 12.1. The molecule has 0 bridgehead atoms. The lowest BCUT2D eigenvalue weighted by Crippen LogP contribution is -2.05. The number of nitrogens with zero attached hydrogens (tertiary/aromatic N) is 2. The lowest BCUT2D eigenvalue weighted by Gasteiger charge is -2.04. The fourth-order valence-corrected chi connectivity index (χ4v) is 2.72. The van der Waals surface area contributed by atoms with Gasteiger partial charge in [0.05, 0.1) is 0 Å². The molecule has 0 radical (unpaired) electrons. The molecule has 1 atom stereocenters. The van der Waals surface area contributed by atoms with E-state index in [2.05, 4.69) is 52.7 Å². The Hall–Kier alpha value is -2.62. The van der Waals surface area contributed by atoms with E-state index in [1.807, 2.05) is 18.2 Å². The fourth-order valence-electron chi connectivity index (χ4n) is 2.72. The summed E-state index contributed by atoms with van der Waals surface area (Å²) in [6.45, 7) is 2.06. The second-order valence-corrected chi connectivity index (χ2v) is 5.38. The van der Waals surface area contributed by atoms with Crippen LogP contribution in [-0.2, 0) is 6.42 Å². The van der Waals surface area contributed by atoms with E-state index < -0.39 is 0 Å². The predicted octanol–water partition coefficient (Wildman–Crippen LogP) is 3.75. The third-order valence-electron chi connectivity index (χ3n) is 3.79. The lowest BCUT2D eigenvalue weighted by atomic mass is 10.1. The predicted molar refractivity (Wildman–Crippen MR) is 81.0 cm³/mol. The maximum absolute atomic E-state index is 5.45. The van der Waals surface area contributed by atoms with Gasteiger partial charge in [-0.15, -0.1) is 0 Å². The summed E-state index contributed by atoms with van der Waals surface area (Å²) in [5, 5.41) is 7.54. The normalized spacial score (nSPS) is 16.5. The number of para-hydroxylation sites is 1. The van der Waals surface area contributed by atoms with E-state index in [-0.39, 0.29) is 6.04 Å². The third kappa shape index (κ3) is 2.18. The Kier molecular flexibility index (Phi) is 2.74. The maximum atomic E-state index is 5.45. The Morgan fingerprint density at radius 2 is 2.05 bits per heavy atom. The number of rotatable bonds is 2. The molecule has 1 unspecified atom stereocenters. The van der Waals surface area contributed by atoms with Crippen molar-refractivity contribution in [1.82, 2.24) is 10.1 Å². The molecule has 0 amide bonds. The average molecular weight is 277 g/mol. The van der Waals surface area contributed by atoms with E-state index in [0.717, 1.165) is 17.7 Å². The Labute approximate surface area is 122 Å². The van der Waals surface area contributed by atoms with Crippen LogP contribution in [0.25, 0.3) is 11.4 Å². The zero-order chi connectivity index (χ0) is 14.2. The van der Waals surface area contributed by atoms with Crippen LogP contribution in [0.5, 0.6) is 0 Å². The Balaban J connectivity index is 1.62. The molecule has 0 saturated carbocycles. The summed E-state index contributed by atoms with van der Waals surface area (Å²) in [7, 11) is 0. The SMILES string of the molecule is Cc1cccc(-c2noc(C3Cc4ccccc4N3)n2)c1. The quantitative estimate of drug-likeness (QED) is 0.775. The van der Waals surface area contributed by atoms with E-state index in [1.54, 1.807) is 0 Å². The van der Waals surface area contributed by atoms with Crippen molar-refractivity contribution in [3.63, 3.8) is 0 Å². The van der Waals surface area contributed by atoms with Gasteiger partial charge < -0.3 is 9.84 Å². The molecule has 3 aromatic rings. The highest BCUT2D eigenvalue weighted by Gasteiger charge is 2.26. The van der Waals surface area contributed by atoms with Gasteiger partial charge in [-0.1, -0.05) is 47.1 Å². The Bertz CT molecular complexity index is 769. The minimum atomic E-state index is 0.0634. The molecule has 4 rings (SSSR count). The van der Waals surface area contributed by atoms with Crippen LogP contribution in [0.4, 0.5) is 5.69 Å². The summed E-state index contributed by atoms with van der Waals surface area (Å²) in [5.41, 5.74) is 4.61. The van der Waals surface area contributed by atoms with Gasteiger partial charge in [-0.25, -0.2) is 0 Å². The third-order valence-corrected chi connectivity index (χ3v) is 3.79. The summed E-state index contributed by atoms with van der Waals surface area (Å²) >= 11 is 0. The van der Waals surface area contributed by atoms with Crippen molar-refractivity contribution in [1.29, 1.82) is 0 Å². The number of anilines is 1. The van der Waals surface area contributed by atoms with Gasteiger partial charge in [0.15, 0.2) is 0 Å². The second-order valence-electron chi connectivity index (χ2n) is 5.38. The lowest BCUT2D eigenvalue weighted by molar-refractivity contribution is 0.364. The number of hydrogen-bond acceptors (Lipinski definition) is 4. The highest BCUT2D eigenvalue weighted by molar-refractivity contribution is 5.58. The molecule has 0 saturated heterocycles. The van der Waals surface area contributed by atoms with Crippen LogP contribution in [0.1, 0.15) is 23.1 Å². The Morgan fingerprint density at radius 1 is 1.14 bits per heavy atom. The molecule has 0 spiro atoms. The molecule has 2 heterocycles. The molecule has 1 aromatic heterocycles. The summed E-state index contributed by atoms with van der Waals surface area (Å²) in [6, 6.07) is 16.5. The van der Waals surface area contributed by atoms with Gasteiger partial charge in [0.25, 0.3) is 0 Å². The molecule has 4 heteroatoms. The summed E-state index contributed by atoms with van der Waals surface area (Å²) < 4.78 is 5.45. The van der Waals surface area contributed by atoms with Gasteiger partial charge in [-0.3, -0.25) is 0 Å². The van der Waals surface area contributed by atoms with Crippen molar-refractivity contribution >= 4 is 5.69 Å². The van der Waals surface area contributed by atoms with Crippen LogP contribution in [0, 0.1) is 6.92 Å². The first-order chi connectivity index (χ1) is 10.3. The van der Waals surface area contributed by atoms with Crippen molar-refractivity contribution in [2.45, 2.75) is 19.4 Å². The number of aromatic nitrogens is 2. The number of nitrogens with one attached hydrogen (secondary N) is 1. The van der Waals surface area contributed by atoms with Gasteiger partial charge >= 0.3 is 0 Å². The molecule has 21 heavy (non-hydrogen) atoms. The maximum Gasteiger partial charge on any atom is 0.249 e. The number of hydrogen-bond donors (Lipinski definition) is 1. The number of aryl methyl sites for hydroxylation is 1. The number of fused-ring (bicyclic) bond motifs is 1. The zero-order valence-electron chi connectivity index (χ0n) is 11.7. The highest BCUT2D eigenvalue weighted by atomic mass is 16.5. The van der Waals surface area contributed by atoms with Crippen molar-refractivity contribution < 1.29 is 4.52 Å². The van der Waals surface area contributed by atoms with E-state index in [0.29, 0.717) is 11.7 Å². The van der Waals surface area contributed by atoms with Crippen LogP contribution in [0.3, 0.4) is 0 Å². The zero-order valence-corrected chi connectivity index (χ0v) is 11.7. The summed E-state index contributed by atoms with van der Waals surface area (Å²) in [4.78, 5) is 4.55. The van der Waals surface area contributed by atoms with Gasteiger partial charge in [-0.2, -0.15) is 4.98 Å². The van der Waals surface area contributed by atoms with Crippen LogP contribution in [0.2, 0.25) is 0 Å². The van der Waals surface area contributed by atoms with E-state index in [9.17, 15) is 0 Å². The first-order valence-electron chi connectivity index (χ1n) is 7.05. The van der Waals surface area contributed by atoms with Crippen molar-refractivity contribution in [2.24, 2.45) is 0 Å². The molecule has 1 aliphatic heterocycles. The molecule has 1 aliphatic rings. The van der Waals surface area contributed by atoms with Gasteiger partial charge in [0, 0.05) is 17.7 Å². The monoisotopic (exact) mass is 277 g/mol. The molecule has 4 nitrogen and oxygen atoms in total. The van der Waals surface area contributed by atoms with Gasteiger partial charge in [0.2, 0.25) is 11.7 Å². The first-order valence-corrected chi connectivity index (χ1v) is 7.05. The average Bonchev–Trinajstić information content (AvgIpc) is 3.14. The number of benzene rings is 2. The minimum absolute atomic E-state index is 0.0634. The van der Waals surface area contributed by atoms with Crippen LogP contribution in [0.15, 0.2) is 53.1 Å². The topological polar surface area (TPSA) is 51.0 Å². The van der Waals surface area contributed by atoms with Crippen LogP contribution >= 0.6 is 0 Å². The van der Waals surface area contributed by atoms with E-state index >= 15 is 0 Å². The van der Waals surface area contributed by atoms with Crippen molar-refractivity contribution in [3.05, 3.63) is 65.5 Å². The van der Waals surface area contributed by atoms with E-state index in [1.165, 1.54) is 11.1 Å². The Morgan fingerprint density at radius 3 is 2.90 bits per heavy atom. The van der Waals surface area contributed by atoms with Gasteiger partial charge in [0.1, 0.15) is 6.04 Å². The molecule has 0 aliphatic carbocycles. The van der Waals surface area contributed by atoms with E-state index in [4.69, 9.17) is 4.52 Å². The van der Waals surface area contributed by atoms with Crippen LogP contribution < -0.4 is 5.32 Å². The standard InChI is InChI=1S/C17H15N3O/c1-11-5-4-7-13(9-11)16-19-17(21-20-16)15-10-12-6-2-3-8-14(12)18-15/h2-9,15,18H,10H2,1H3.